The molecule has 0 amide bonds. The van der Waals surface area contributed by atoms with Crippen LogP contribution in [0.4, 0.5) is 0 Å². The monoisotopic (exact) mass is 246 g/mol. The van der Waals surface area contributed by atoms with Crippen LogP contribution in [-0.2, 0) is 16.3 Å². The first-order valence-corrected chi connectivity index (χ1v) is 7.44. The zero-order chi connectivity index (χ0) is 11.9. The Bertz CT molecular complexity index is 609. The second kappa shape index (κ2) is 3.84. The molecule has 2 nitrogen and oxygen atoms in total. The van der Waals surface area contributed by atoms with Gasteiger partial charge in [0.2, 0.25) is 0 Å². The molecule has 1 unspecified atom stereocenters. The smallest absolute Gasteiger partial charge is 0.196 e. The molecule has 1 atom stereocenters. The van der Waals surface area contributed by atoms with Crippen molar-refractivity contribution in [2.75, 3.05) is 0 Å². The van der Waals surface area contributed by atoms with Gasteiger partial charge in [0, 0.05) is 11.3 Å². The minimum atomic E-state index is -3.15. The Morgan fingerprint density at radius 2 is 2.00 bits per heavy atom. The fourth-order valence-electron chi connectivity index (χ4n) is 2.77. The Morgan fingerprint density at radius 3 is 2.76 bits per heavy atom. The molecule has 0 fully saturated rings. The Balaban J connectivity index is 2.08. The third kappa shape index (κ3) is 1.75. The zero-order valence-corrected chi connectivity index (χ0v) is 10.3. The van der Waals surface area contributed by atoms with Crippen LogP contribution >= 0.6 is 0 Å². The molecule has 0 bridgehead atoms. The van der Waals surface area contributed by atoms with Crippen molar-refractivity contribution in [3.63, 3.8) is 0 Å². The van der Waals surface area contributed by atoms with Gasteiger partial charge in [0.25, 0.3) is 0 Å². The number of hydrogen-bond acceptors (Lipinski definition) is 2. The molecule has 1 aromatic carbocycles. The lowest BCUT2D eigenvalue weighted by Gasteiger charge is -2.26. The predicted molar refractivity (Wildman–Crippen MR) is 68.3 cm³/mol. The first-order chi connectivity index (χ1) is 8.18. The van der Waals surface area contributed by atoms with Crippen molar-refractivity contribution < 1.29 is 8.42 Å². The van der Waals surface area contributed by atoms with Gasteiger partial charge in [-0.15, -0.1) is 0 Å². The SMILES string of the molecule is O=S1(=O)C=CC=C1C1CCCc2ccccc21. The first kappa shape index (κ1) is 10.8. The molecule has 0 aromatic heterocycles. The van der Waals surface area contributed by atoms with Crippen LogP contribution in [0.25, 0.3) is 0 Å². The molecule has 1 aliphatic heterocycles. The van der Waals surface area contributed by atoms with Crippen LogP contribution in [0.2, 0.25) is 0 Å². The second-order valence-corrected chi connectivity index (χ2v) is 6.42. The van der Waals surface area contributed by atoms with E-state index >= 15 is 0 Å². The van der Waals surface area contributed by atoms with Crippen molar-refractivity contribution in [2.45, 2.75) is 25.2 Å². The highest BCUT2D eigenvalue weighted by Crippen LogP contribution is 2.40. The van der Waals surface area contributed by atoms with Crippen LogP contribution in [-0.4, -0.2) is 8.42 Å². The van der Waals surface area contributed by atoms with Crippen LogP contribution in [0.1, 0.15) is 29.9 Å². The molecule has 0 N–H and O–H groups in total. The fourth-order valence-corrected chi connectivity index (χ4v) is 4.13. The largest absolute Gasteiger partial charge is 0.219 e. The maximum atomic E-state index is 11.9. The molecule has 1 aliphatic carbocycles. The summed E-state index contributed by atoms with van der Waals surface area (Å²) in [7, 11) is -3.15. The molecule has 2 aliphatic rings. The van der Waals surface area contributed by atoms with Crippen molar-refractivity contribution in [1.82, 2.24) is 0 Å². The Morgan fingerprint density at radius 1 is 1.18 bits per heavy atom. The van der Waals surface area contributed by atoms with Crippen molar-refractivity contribution in [2.24, 2.45) is 0 Å². The molecule has 1 aromatic rings. The highest BCUT2D eigenvalue weighted by atomic mass is 32.2. The number of fused-ring (bicyclic) bond motifs is 1. The van der Waals surface area contributed by atoms with E-state index < -0.39 is 9.84 Å². The molecule has 0 radical (unpaired) electrons. The maximum absolute atomic E-state index is 11.9. The van der Waals surface area contributed by atoms with Crippen molar-refractivity contribution >= 4 is 9.84 Å². The van der Waals surface area contributed by atoms with Crippen LogP contribution in [0.3, 0.4) is 0 Å². The van der Waals surface area contributed by atoms with E-state index in [1.165, 1.54) is 16.5 Å². The molecule has 0 saturated heterocycles. The van der Waals surface area contributed by atoms with E-state index in [1.54, 1.807) is 12.2 Å². The summed E-state index contributed by atoms with van der Waals surface area (Å²) in [4.78, 5) is 0.574. The average Bonchev–Trinajstić information content (AvgIpc) is 2.68. The number of allylic oxidation sites excluding steroid dienone is 3. The van der Waals surface area contributed by atoms with E-state index in [1.807, 2.05) is 12.1 Å². The molecule has 3 rings (SSSR count). The molecule has 0 spiro atoms. The number of rotatable bonds is 1. The Labute approximate surface area is 102 Å². The lowest BCUT2D eigenvalue weighted by Crippen LogP contribution is -2.15. The molecule has 0 saturated carbocycles. The standard InChI is InChI=1S/C14H14O2S/c15-17(16)10-4-9-14(17)13-8-3-6-11-5-1-2-7-12(11)13/h1-2,4-5,7,9-10,13H,3,6,8H2. The zero-order valence-electron chi connectivity index (χ0n) is 9.46. The van der Waals surface area contributed by atoms with Gasteiger partial charge >= 0.3 is 0 Å². The molecule has 17 heavy (non-hydrogen) atoms. The van der Waals surface area contributed by atoms with E-state index in [-0.39, 0.29) is 5.92 Å². The maximum Gasteiger partial charge on any atom is 0.196 e. The van der Waals surface area contributed by atoms with Gasteiger partial charge in [0.05, 0.1) is 4.91 Å². The number of benzene rings is 1. The summed E-state index contributed by atoms with van der Waals surface area (Å²) in [6.45, 7) is 0. The third-order valence-corrected chi connectivity index (χ3v) is 5.15. The minimum Gasteiger partial charge on any atom is -0.219 e. The van der Waals surface area contributed by atoms with E-state index in [2.05, 4.69) is 12.1 Å². The van der Waals surface area contributed by atoms with Gasteiger partial charge < -0.3 is 0 Å². The topological polar surface area (TPSA) is 34.1 Å². The number of hydrogen-bond donors (Lipinski definition) is 0. The summed E-state index contributed by atoms with van der Waals surface area (Å²) < 4.78 is 23.8. The summed E-state index contributed by atoms with van der Waals surface area (Å²) in [6, 6.07) is 8.19. The van der Waals surface area contributed by atoms with Crippen LogP contribution in [0.5, 0.6) is 0 Å². The van der Waals surface area contributed by atoms with Crippen LogP contribution in [0.15, 0.2) is 46.7 Å². The highest BCUT2D eigenvalue weighted by Gasteiger charge is 2.30. The van der Waals surface area contributed by atoms with Gasteiger partial charge in [0.15, 0.2) is 9.84 Å². The summed E-state index contributed by atoms with van der Waals surface area (Å²) in [5.41, 5.74) is 2.49. The van der Waals surface area contributed by atoms with Gasteiger partial charge in [-0.2, -0.15) is 0 Å². The van der Waals surface area contributed by atoms with Gasteiger partial charge in [-0.25, -0.2) is 8.42 Å². The number of sulfone groups is 1. The predicted octanol–water partition coefficient (Wildman–Crippen LogP) is 2.93. The summed E-state index contributed by atoms with van der Waals surface area (Å²) in [5.74, 6) is 0.0555. The van der Waals surface area contributed by atoms with Crippen LogP contribution in [0, 0.1) is 0 Å². The Kier molecular flexibility index (Phi) is 2.44. The van der Waals surface area contributed by atoms with Gasteiger partial charge in [-0.05, 0) is 42.5 Å². The number of aryl methyl sites for hydroxylation is 1. The summed E-state index contributed by atoms with van der Waals surface area (Å²) in [6.07, 6.45) is 6.45. The average molecular weight is 246 g/mol. The van der Waals surface area contributed by atoms with Gasteiger partial charge in [-0.3, -0.25) is 0 Å². The quantitative estimate of drug-likeness (QED) is 0.763. The van der Waals surface area contributed by atoms with E-state index in [0.29, 0.717) is 4.91 Å². The molecule has 3 heteroatoms. The van der Waals surface area contributed by atoms with Gasteiger partial charge in [-0.1, -0.05) is 24.3 Å². The molecular formula is C14H14O2S. The Hall–Kier alpha value is -1.35. The first-order valence-electron chi connectivity index (χ1n) is 5.90. The van der Waals surface area contributed by atoms with E-state index in [4.69, 9.17) is 0 Å². The lowest BCUT2D eigenvalue weighted by molar-refractivity contribution is 0.589. The molecular weight excluding hydrogens is 232 g/mol. The molecule has 1 heterocycles. The summed E-state index contributed by atoms with van der Waals surface area (Å²) >= 11 is 0. The fraction of sp³-hybridized carbons (Fsp3) is 0.286. The summed E-state index contributed by atoms with van der Waals surface area (Å²) in [5, 5.41) is 1.31. The van der Waals surface area contributed by atoms with Crippen molar-refractivity contribution in [1.29, 1.82) is 0 Å². The third-order valence-electron chi connectivity index (χ3n) is 3.56. The van der Waals surface area contributed by atoms with Crippen molar-refractivity contribution in [3.05, 3.63) is 57.9 Å². The minimum absolute atomic E-state index is 0.0555. The molecule has 88 valence electrons. The van der Waals surface area contributed by atoms with Gasteiger partial charge in [0.1, 0.15) is 0 Å². The van der Waals surface area contributed by atoms with E-state index in [0.717, 1.165) is 19.3 Å². The van der Waals surface area contributed by atoms with Crippen LogP contribution < -0.4 is 0 Å². The normalized spacial score (nSPS) is 25.4. The lowest BCUT2D eigenvalue weighted by atomic mass is 9.82. The van der Waals surface area contributed by atoms with E-state index in [9.17, 15) is 8.42 Å². The second-order valence-electron chi connectivity index (χ2n) is 4.59. The van der Waals surface area contributed by atoms with Crippen molar-refractivity contribution in [3.8, 4) is 0 Å². The highest BCUT2D eigenvalue weighted by molar-refractivity contribution is 7.98.